The first kappa shape index (κ1) is 29.0. The van der Waals surface area contributed by atoms with Gasteiger partial charge >= 0.3 is 0 Å². The van der Waals surface area contributed by atoms with Gasteiger partial charge in [-0.05, 0) is 62.3 Å². The number of amides is 1. The van der Waals surface area contributed by atoms with Gasteiger partial charge in [-0.1, -0.05) is 49.6 Å². The molecular formula is C30H39FN4O3S. The first-order valence-corrected chi connectivity index (χ1v) is 15.6. The van der Waals surface area contributed by atoms with Crippen molar-refractivity contribution in [3.63, 3.8) is 0 Å². The SMILES string of the molecule is [C-]#[N+]c1ccc(CC(=O)NC2CCN([C@H](C)CN(c3cccc(F)c3)S(=O)(=O)CC3CCCCC3)CC2)cc1. The molecule has 4 rings (SSSR count). The summed E-state index contributed by atoms with van der Waals surface area (Å²) in [6.07, 6.45) is 6.98. The van der Waals surface area contributed by atoms with Crippen molar-refractivity contribution in [1.82, 2.24) is 10.2 Å². The van der Waals surface area contributed by atoms with Crippen LogP contribution < -0.4 is 9.62 Å². The second-order valence-corrected chi connectivity index (χ2v) is 12.9. The molecular weight excluding hydrogens is 515 g/mol. The van der Waals surface area contributed by atoms with Gasteiger partial charge in [-0.2, -0.15) is 0 Å². The van der Waals surface area contributed by atoms with E-state index in [1.807, 2.05) is 19.1 Å². The molecule has 2 aromatic carbocycles. The van der Waals surface area contributed by atoms with Gasteiger partial charge in [0, 0.05) is 31.7 Å². The Balaban J connectivity index is 1.34. The Hall–Kier alpha value is -2.96. The fraction of sp³-hybridized carbons (Fsp3) is 0.533. The topological polar surface area (TPSA) is 74.1 Å². The maximum Gasteiger partial charge on any atom is 0.235 e. The summed E-state index contributed by atoms with van der Waals surface area (Å²) in [5, 5.41) is 3.12. The van der Waals surface area contributed by atoms with Crippen LogP contribution in [-0.2, 0) is 21.2 Å². The third-order valence-electron chi connectivity index (χ3n) is 7.98. The maximum atomic E-state index is 14.1. The van der Waals surface area contributed by atoms with Gasteiger partial charge in [0.1, 0.15) is 5.82 Å². The summed E-state index contributed by atoms with van der Waals surface area (Å²) in [5.74, 6) is -0.231. The largest absolute Gasteiger partial charge is 0.353 e. The molecule has 1 saturated heterocycles. The first-order chi connectivity index (χ1) is 18.7. The number of carbonyl (C=O) groups excluding carboxylic acids is 1. The van der Waals surface area contributed by atoms with Crippen LogP contribution in [0.3, 0.4) is 0 Å². The molecule has 0 aromatic heterocycles. The number of hydrogen-bond donors (Lipinski definition) is 1. The van der Waals surface area contributed by atoms with Gasteiger partial charge < -0.3 is 5.32 Å². The highest BCUT2D eigenvalue weighted by atomic mass is 32.2. The van der Waals surface area contributed by atoms with E-state index < -0.39 is 15.8 Å². The molecule has 210 valence electrons. The average Bonchev–Trinajstić information content (AvgIpc) is 2.92. The van der Waals surface area contributed by atoms with Crippen molar-refractivity contribution in [3.05, 3.63) is 71.3 Å². The molecule has 2 fully saturated rings. The zero-order valence-electron chi connectivity index (χ0n) is 22.7. The fourth-order valence-corrected chi connectivity index (χ4v) is 7.73. The monoisotopic (exact) mass is 554 g/mol. The van der Waals surface area contributed by atoms with E-state index in [1.165, 1.54) is 16.4 Å². The second kappa shape index (κ2) is 13.4. The first-order valence-electron chi connectivity index (χ1n) is 14.0. The van der Waals surface area contributed by atoms with Crippen molar-refractivity contribution in [1.29, 1.82) is 0 Å². The van der Waals surface area contributed by atoms with Crippen molar-refractivity contribution < 1.29 is 17.6 Å². The van der Waals surface area contributed by atoms with E-state index in [2.05, 4.69) is 15.1 Å². The number of likely N-dealkylation sites (tertiary alicyclic amines) is 1. The van der Waals surface area contributed by atoms with Gasteiger partial charge in [0.25, 0.3) is 0 Å². The van der Waals surface area contributed by atoms with Crippen LogP contribution in [0.5, 0.6) is 0 Å². The number of nitrogens with one attached hydrogen (secondary N) is 1. The molecule has 1 aliphatic carbocycles. The predicted octanol–water partition coefficient (Wildman–Crippen LogP) is 5.30. The highest BCUT2D eigenvalue weighted by molar-refractivity contribution is 7.92. The molecule has 1 atom stereocenters. The van der Waals surface area contributed by atoms with Gasteiger partial charge in [0.15, 0.2) is 5.69 Å². The molecule has 1 N–H and O–H groups in total. The zero-order chi connectivity index (χ0) is 27.8. The number of benzene rings is 2. The van der Waals surface area contributed by atoms with E-state index in [1.54, 1.807) is 24.3 Å². The molecule has 39 heavy (non-hydrogen) atoms. The number of carbonyl (C=O) groups is 1. The Morgan fingerprint density at radius 1 is 1.10 bits per heavy atom. The zero-order valence-corrected chi connectivity index (χ0v) is 23.5. The smallest absolute Gasteiger partial charge is 0.235 e. The number of piperidine rings is 1. The Morgan fingerprint density at radius 2 is 1.79 bits per heavy atom. The highest BCUT2D eigenvalue weighted by Crippen LogP contribution is 2.29. The molecule has 2 aromatic rings. The molecule has 1 aliphatic heterocycles. The minimum Gasteiger partial charge on any atom is -0.353 e. The van der Waals surface area contributed by atoms with Crippen molar-refractivity contribution in [2.45, 2.75) is 70.4 Å². The Kier molecular flexibility index (Phi) is 9.98. The van der Waals surface area contributed by atoms with E-state index >= 15 is 0 Å². The summed E-state index contributed by atoms with van der Waals surface area (Å²) >= 11 is 0. The number of rotatable bonds is 10. The van der Waals surface area contributed by atoms with Crippen LogP contribution in [0.2, 0.25) is 0 Å². The molecule has 1 saturated carbocycles. The number of nitrogens with zero attached hydrogens (tertiary/aromatic N) is 3. The summed E-state index contributed by atoms with van der Waals surface area (Å²) < 4.78 is 42.7. The van der Waals surface area contributed by atoms with Gasteiger partial charge in [-0.3, -0.25) is 14.0 Å². The molecule has 1 amide bonds. The van der Waals surface area contributed by atoms with Crippen LogP contribution in [0.4, 0.5) is 15.8 Å². The fourth-order valence-electron chi connectivity index (χ4n) is 5.74. The van der Waals surface area contributed by atoms with Crippen LogP contribution in [-0.4, -0.2) is 56.7 Å². The Bertz CT molecular complexity index is 1250. The van der Waals surface area contributed by atoms with Crippen LogP contribution in [0.15, 0.2) is 48.5 Å². The molecule has 0 radical (unpaired) electrons. The van der Waals surface area contributed by atoms with Crippen LogP contribution >= 0.6 is 0 Å². The standard InChI is InChI=1S/C30H39FN4O3S/c1-23(34-17-15-28(16-18-34)33-30(36)19-24-11-13-27(32-2)14-12-24)21-35(29-10-6-9-26(31)20-29)39(37,38)22-25-7-4-3-5-8-25/h6,9-14,20,23,25,28H,3-5,7-8,15-19,21-22H2,1H3,(H,33,36)/t23-/m1/s1. The number of hydrogen-bond acceptors (Lipinski definition) is 4. The van der Waals surface area contributed by atoms with Crippen molar-refractivity contribution in [2.75, 3.05) is 29.7 Å². The number of sulfonamides is 1. The summed E-state index contributed by atoms with van der Waals surface area (Å²) in [6, 6.07) is 12.9. The van der Waals surface area contributed by atoms with Gasteiger partial charge in [0.05, 0.1) is 24.4 Å². The van der Waals surface area contributed by atoms with E-state index in [4.69, 9.17) is 6.57 Å². The Morgan fingerprint density at radius 3 is 2.44 bits per heavy atom. The third-order valence-corrected chi connectivity index (χ3v) is 9.91. The van der Waals surface area contributed by atoms with Crippen molar-refractivity contribution >= 4 is 27.3 Å². The summed E-state index contributed by atoms with van der Waals surface area (Å²) in [4.78, 5) is 18.2. The van der Waals surface area contributed by atoms with Crippen molar-refractivity contribution in [2.24, 2.45) is 5.92 Å². The minimum atomic E-state index is -3.62. The van der Waals surface area contributed by atoms with Gasteiger partial charge in [-0.25, -0.2) is 17.7 Å². The molecule has 2 aliphatic rings. The molecule has 0 bridgehead atoms. The summed E-state index contributed by atoms with van der Waals surface area (Å²) in [6.45, 7) is 10.8. The van der Waals surface area contributed by atoms with E-state index in [0.717, 1.165) is 63.6 Å². The number of anilines is 1. The second-order valence-electron chi connectivity index (χ2n) is 11.0. The lowest BCUT2D eigenvalue weighted by atomic mass is 9.91. The maximum absolute atomic E-state index is 14.1. The summed E-state index contributed by atoms with van der Waals surface area (Å²) in [5.41, 5.74) is 1.81. The van der Waals surface area contributed by atoms with E-state index in [0.29, 0.717) is 11.4 Å². The lowest BCUT2D eigenvalue weighted by molar-refractivity contribution is -0.121. The van der Waals surface area contributed by atoms with Crippen LogP contribution in [0.25, 0.3) is 4.85 Å². The van der Waals surface area contributed by atoms with Crippen molar-refractivity contribution in [3.8, 4) is 0 Å². The van der Waals surface area contributed by atoms with E-state index in [9.17, 15) is 17.6 Å². The molecule has 7 nitrogen and oxygen atoms in total. The predicted molar refractivity (Wildman–Crippen MR) is 153 cm³/mol. The normalized spacial score (nSPS) is 18.3. The minimum absolute atomic E-state index is 0.0388. The van der Waals surface area contributed by atoms with Gasteiger partial charge in [-0.15, -0.1) is 0 Å². The molecule has 9 heteroatoms. The average molecular weight is 555 g/mol. The van der Waals surface area contributed by atoms with Crippen LogP contribution in [0, 0.1) is 18.3 Å². The number of halogens is 1. The van der Waals surface area contributed by atoms with Crippen LogP contribution in [0.1, 0.15) is 57.4 Å². The quantitative estimate of drug-likeness (QED) is 0.404. The highest BCUT2D eigenvalue weighted by Gasteiger charge is 2.31. The van der Waals surface area contributed by atoms with Gasteiger partial charge in [0.2, 0.25) is 15.9 Å². The molecule has 0 unspecified atom stereocenters. The molecule has 1 heterocycles. The van der Waals surface area contributed by atoms with E-state index in [-0.39, 0.29) is 42.6 Å². The lowest BCUT2D eigenvalue weighted by Crippen LogP contribution is -2.51. The summed E-state index contributed by atoms with van der Waals surface area (Å²) in [7, 11) is -3.62. The lowest BCUT2D eigenvalue weighted by Gasteiger charge is -2.39. The third kappa shape index (κ3) is 8.26. The Labute approximate surface area is 232 Å². The molecule has 0 spiro atoms.